The van der Waals surface area contributed by atoms with E-state index in [4.69, 9.17) is 0 Å². The zero-order chi connectivity index (χ0) is 24.1. The number of carbonyl (C=O) groups is 2. The Kier molecular flexibility index (Phi) is 7.60. The topological polar surface area (TPSA) is 64.7 Å². The first kappa shape index (κ1) is 23.9. The van der Waals surface area contributed by atoms with Crippen LogP contribution in [0.1, 0.15) is 29.7 Å². The lowest BCUT2D eigenvalue weighted by atomic mass is 10.00. The van der Waals surface area contributed by atoms with Crippen molar-refractivity contribution in [3.8, 4) is 0 Å². The highest BCUT2D eigenvalue weighted by Crippen LogP contribution is 2.24. The summed E-state index contributed by atoms with van der Waals surface area (Å²) >= 11 is 0. The van der Waals surface area contributed by atoms with E-state index in [2.05, 4.69) is 44.7 Å². The van der Waals surface area contributed by atoms with Gasteiger partial charge in [0, 0.05) is 31.9 Å². The van der Waals surface area contributed by atoms with Crippen LogP contribution in [0.5, 0.6) is 0 Å². The van der Waals surface area contributed by atoms with Crippen LogP contribution >= 0.6 is 0 Å². The Balaban J connectivity index is 1.23. The van der Waals surface area contributed by atoms with Gasteiger partial charge in [-0.3, -0.25) is 19.4 Å². The molecule has 0 aliphatic carbocycles. The van der Waals surface area contributed by atoms with E-state index in [9.17, 15) is 9.59 Å². The number of anilines is 1. The van der Waals surface area contributed by atoms with Gasteiger partial charge in [0.05, 0.1) is 19.1 Å². The molecule has 1 aliphatic heterocycles. The Bertz CT molecular complexity index is 1160. The summed E-state index contributed by atoms with van der Waals surface area (Å²) in [5.74, 6) is 0.0327. The lowest BCUT2D eigenvalue weighted by Gasteiger charge is -2.34. The highest BCUT2D eigenvalue weighted by atomic mass is 16.2. The molecule has 6 nitrogen and oxygen atoms in total. The van der Waals surface area contributed by atoms with Crippen LogP contribution in [-0.4, -0.2) is 60.9 Å². The van der Waals surface area contributed by atoms with Crippen molar-refractivity contribution in [3.63, 3.8) is 0 Å². The van der Waals surface area contributed by atoms with Crippen molar-refractivity contribution in [3.05, 3.63) is 77.4 Å². The monoisotopic (exact) mass is 458 g/mol. The van der Waals surface area contributed by atoms with Gasteiger partial charge < -0.3 is 10.6 Å². The van der Waals surface area contributed by atoms with E-state index in [1.165, 1.54) is 16.3 Å². The van der Waals surface area contributed by atoms with E-state index < -0.39 is 0 Å². The minimum absolute atomic E-state index is 0.00352. The van der Waals surface area contributed by atoms with Gasteiger partial charge >= 0.3 is 0 Å². The first-order chi connectivity index (χ1) is 16.4. The van der Waals surface area contributed by atoms with E-state index in [1.807, 2.05) is 57.2 Å². The number of nitrogens with one attached hydrogen (secondary N) is 2. The normalized spacial score (nSPS) is 15.7. The number of carbonyl (C=O) groups excluding carboxylic acids is 2. The zero-order valence-electron chi connectivity index (χ0n) is 20.3. The Labute approximate surface area is 201 Å². The molecule has 1 unspecified atom stereocenters. The molecule has 0 radical (unpaired) electrons. The smallest absolute Gasteiger partial charge is 0.238 e. The van der Waals surface area contributed by atoms with Crippen molar-refractivity contribution in [1.29, 1.82) is 0 Å². The minimum atomic E-state index is -0.0614. The van der Waals surface area contributed by atoms with Gasteiger partial charge in [0.25, 0.3) is 0 Å². The molecule has 1 aliphatic rings. The average Bonchev–Trinajstić information content (AvgIpc) is 2.83. The van der Waals surface area contributed by atoms with Crippen molar-refractivity contribution in [2.24, 2.45) is 0 Å². The quantitative estimate of drug-likeness (QED) is 0.564. The molecule has 2 amide bonds. The summed E-state index contributed by atoms with van der Waals surface area (Å²) in [5, 5.41) is 8.54. The molecule has 0 spiro atoms. The first-order valence-corrected chi connectivity index (χ1v) is 12.0. The molecule has 34 heavy (non-hydrogen) atoms. The molecule has 3 aromatic carbocycles. The van der Waals surface area contributed by atoms with E-state index >= 15 is 0 Å². The number of nitrogens with zero attached hydrogens (tertiary/aromatic N) is 2. The second-order valence-corrected chi connectivity index (χ2v) is 9.21. The van der Waals surface area contributed by atoms with E-state index in [1.54, 1.807) is 0 Å². The first-order valence-electron chi connectivity index (χ1n) is 12.0. The van der Waals surface area contributed by atoms with Crippen molar-refractivity contribution in [2.45, 2.75) is 26.8 Å². The maximum atomic E-state index is 12.7. The maximum absolute atomic E-state index is 12.7. The molecule has 1 fully saturated rings. The van der Waals surface area contributed by atoms with Gasteiger partial charge in [-0.05, 0) is 54.3 Å². The number of benzene rings is 3. The number of amides is 2. The molecule has 178 valence electrons. The van der Waals surface area contributed by atoms with Crippen LogP contribution in [0.15, 0.2) is 60.7 Å². The Hall–Kier alpha value is -3.22. The second kappa shape index (κ2) is 10.8. The van der Waals surface area contributed by atoms with Crippen LogP contribution in [0.25, 0.3) is 10.8 Å². The molecule has 1 atom stereocenters. The third-order valence-corrected chi connectivity index (χ3v) is 6.75. The fourth-order valence-electron chi connectivity index (χ4n) is 4.58. The van der Waals surface area contributed by atoms with E-state index in [0.717, 1.165) is 43.0 Å². The standard InChI is InChI=1S/C28H34N4O2/c1-20-8-6-13-26(21(20)2)30-28(34)19-32-16-14-31(15-17-32)18-27(33)29-22(3)24-12-7-10-23-9-4-5-11-25(23)24/h4-13,22H,14-19H2,1-3H3,(H,29,33)(H,30,34). The fraction of sp³-hybridized carbons (Fsp3) is 0.357. The Morgan fingerprint density at radius 3 is 2.18 bits per heavy atom. The lowest BCUT2D eigenvalue weighted by molar-refractivity contribution is -0.124. The van der Waals surface area contributed by atoms with Crippen LogP contribution < -0.4 is 10.6 Å². The van der Waals surface area contributed by atoms with Gasteiger partial charge in [-0.15, -0.1) is 0 Å². The van der Waals surface area contributed by atoms with Crippen LogP contribution in [0.4, 0.5) is 5.69 Å². The highest BCUT2D eigenvalue weighted by Gasteiger charge is 2.22. The van der Waals surface area contributed by atoms with Crippen LogP contribution in [-0.2, 0) is 9.59 Å². The number of aryl methyl sites for hydroxylation is 1. The molecule has 0 saturated carbocycles. The number of piperazine rings is 1. The minimum Gasteiger partial charge on any atom is -0.348 e. The maximum Gasteiger partial charge on any atom is 0.238 e. The van der Waals surface area contributed by atoms with Crippen molar-refractivity contribution < 1.29 is 9.59 Å². The molecule has 4 rings (SSSR count). The number of hydrogen-bond acceptors (Lipinski definition) is 4. The molecule has 0 bridgehead atoms. The summed E-state index contributed by atoms with van der Waals surface area (Å²) in [6.07, 6.45) is 0. The molecule has 1 saturated heterocycles. The molecular weight excluding hydrogens is 424 g/mol. The van der Waals surface area contributed by atoms with E-state index in [-0.39, 0.29) is 17.9 Å². The van der Waals surface area contributed by atoms with Crippen LogP contribution in [0.2, 0.25) is 0 Å². The lowest BCUT2D eigenvalue weighted by Crippen LogP contribution is -2.51. The summed E-state index contributed by atoms with van der Waals surface area (Å²) in [6.45, 7) is 9.92. The predicted octanol–water partition coefficient (Wildman–Crippen LogP) is 3.89. The average molecular weight is 459 g/mol. The molecule has 1 heterocycles. The van der Waals surface area contributed by atoms with Gasteiger partial charge in [-0.1, -0.05) is 54.6 Å². The molecule has 6 heteroatoms. The van der Waals surface area contributed by atoms with Crippen molar-refractivity contribution >= 4 is 28.3 Å². The Morgan fingerprint density at radius 1 is 0.824 bits per heavy atom. The van der Waals surface area contributed by atoms with Crippen molar-refractivity contribution in [2.75, 3.05) is 44.6 Å². The molecule has 0 aromatic heterocycles. The predicted molar refractivity (Wildman–Crippen MR) is 138 cm³/mol. The zero-order valence-corrected chi connectivity index (χ0v) is 20.3. The van der Waals surface area contributed by atoms with Crippen LogP contribution in [0, 0.1) is 13.8 Å². The fourth-order valence-corrected chi connectivity index (χ4v) is 4.58. The molecular formula is C28H34N4O2. The van der Waals surface area contributed by atoms with Gasteiger partial charge in [0.1, 0.15) is 0 Å². The van der Waals surface area contributed by atoms with Crippen molar-refractivity contribution in [1.82, 2.24) is 15.1 Å². The largest absolute Gasteiger partial charge is 0.348 e. The molecule has 2 N–H and O–H groups in total. The summed E-state index contributed by atoms with van der Waals surface area (Å²) in [7, 11) is 0. The van der Waals surface area contributed by atoms with Gasteiger partial charge in [-0.2, -0.15) is 0 Å². The number of rotatable bonds is 7. The summed E-state index contributed by atoms with van der Waals surface area (Å²) in [6, 6.07) is 20.3. The van der Waals surface area contributed by atoms with E-state index in [0.29, 0.717) is 13.1 Å². The summed E-state index contributed by atoms with van der Waals surface area (Å²) < 4.78 is 0. The van der Waals surface area contributed by atoms with Crippen LogP contribution in [0.3, 0.4) is 0 Å². The third-order valence-electron chi connectivity index (χ3n) is 6.75. The second-order valence-electron chi connectivity index (χ2n) is 9.21. The SMILES string of the molecule is Cc1cccc(NC(=O)CN2CCN(CC(=O)NC(C)c3cccc4ccccc34)CC2)c1C. The summed E-state index contributed by atoms with van der Waals surface area (Å²) in [4.78, 5) is 29.5. The van der Waals surface area contributed by atoms with Gasteiger partial charge in [-0.25, -0.2) is 0 Å². The number of hydrogen-bond donors (Lipinski definition) is 2. The third kappa shape index (κ3) is 5.82. The van der Waals surface area contributed by atoms with Gasteiger partial charge in [0.15, 0.2) is 0 Å². The summed E-state index contributed by atoms with van der Waals surface area (Å²) in [5.41, 5.74) is 4.27. The highest BCUT2D eigenvalue weighted by molar-refractivity contribution is 5.93. The number of fused-ring (bicyclic) bond motifs is 1. The molecule has 3 aromatic rings. The van der Waals surface area contributed by atoms with Gasteiger partial charge in [0.2, 0.25) is 11.8 Å². The Morgan fingerprint density at radius 2 is 1.44 bits per heavy atom.